The molecular formula is C12H21N3. The van der Waals surface area contributed by atoms with Crippen molar-refractivity contribution in [3.8, 4) is 6.07 Å². The molecule has 0 aromatic heterocycles. The average Bonchev–Trinajstić information content (AvgIpc) is 2.75. The quantitative estimate of drug-likeness (QED) is 0.735. The number of nitriles is 1. The summed E-state index contributed by atoms with van der Waals surface area (Å²) in [5, 5.41) is 16.1. The minimum absolute atomic E-state index is 0.258. The second kappa shape index (κ2) is 5.48. The predicted molar refractivity (Wildman–Crippen MR) is 60.4 cm³/mol. The molecule has 1 saturated heterocycles. The molecule has 1 saturated carbocycles. The summed E-state index contributed by atoms with van der Waals surface area (Å²) in [6.07, 6.45) is 7.45. The number of rotatable bonds is 3. The maximum atomic E-state index is 8.97. The molecule has 1 aliphatic carbocycles. The van der Waals surface area contributed by atoms with Crippen molar-refractivity contribution in [3.63, 3.8) is 0 Å². The standard InChI is InChI=1S/C12H21N3/c13-8-10-4-3-6-12(10)15-9-11-5-1-2-7-14-11/h10-12,14-15H,1-7,9H2. The van der Waals surface area contributed by atoms with Crippen LogP contribution in [-0.2, 0) is 0 Å². The van der Waals surface area contributed by atoms with Gasteiger partial charge >= 0.3 is 0 Å². The number of hydrogen-bond acceptors (Lipinski definition) is 3. The van der Waals surface area contributed by atoms with Gasteiger partial charge in [-0.2, -0.15) is 5.26 Å². The topological polar surface area (TPSA) is 47.9 Å². The van der Waals surface area contributed by atoms with Crippen LogP contribution < -0.4 is 10.6 Å². The minimum atomic E-state index is 0.258. The fraction of sp³-hybridized carbons (Fsp3) is 0.917. The van der Waals surface area contributed by atoms with Crippen molar-refractivity contribution < 1.29 is 0 Å². The fourth-order valence-corrected chi connectivity index (χ4v) is 2.75. The zero-order valence-electron chi connectivity index (χ0n) is 9.34. The molecule has 3 unspecified atom stereocenters. The van der Waals surface area contributed by atoms with Gasteiger partial charge in [-0.15, -0.1) is 0 Å². The fourth-order valence-electron chi connectivity index (χ4n) is 2.75. The predicted octanol–water partition coefficient (Wildman–Crippen LogP) is 1.41. The largest absolute Gasteiger partial charge is 0.313 e. The second-order valence-electron chi connectivity index (χ2n) is 4.83. The van der Waals surface area contributed by atoms with Gasteiger partial charge in [-0.1, -0.05) is 12.8 Å². The first-order valence-corrected chi connectivity index (χ1v) is 6.26. The lowest BCUT2D eigenvalue weighted by Gasteiger charge is -2.26. The van der Waals surface area contributed by atoms with Crippen LogP contribution in [0, 0.1) is 17.2 Å². The molecule has 0 aromatic carbocycles. The van der Waals surface area contributed by atoms with E-state index in [0.29, 0.717) is 12.1 Å². The summed E-state index contributed by atoms with van der Waals surface area (Å²) >= 11 is 0. The van der Waals surface area contributed by atoms with Gasteiger partial charge in [0.25, 0.3) is 0 Å². The van der Waals surface area contributed by atoms with E-state index >= 15 is 0 Å². The van der Waals surface area contributed by atoms with Crippen molar-refractivity contribution in [2.24, 2.45) is 5.92 Å². The summed E-state index contributed by atoms with van der Waals surface area (Å²) in [7, 11) is 0. The van der Waals surface area contributed by atoms with E-state index in [-0.39, 0.29) is 5.92 Å². The molecule has 2 rings (SSSR count). The molecule has 0 aromatic rings. The normalized spacial score (nSPS) is 36.3. The molecule has 1 aliphatic heterocycles. The van der Waals surface area contributed by atoms with Crippen molar-refractivity contribution in [2.45, 2.75) is 50.6 Å². The van der Waals surface area contributed by atoms with E-state index in [4.69, 9.17) is 5.26 Å². The zero-order chi connectivity index (χ0) is 10.5. The molecule has 0 spiro atoms. The van der Waals surface area contributed by atoms with E-state index in [0.717, 1.165) is 13.0 Å². The molecule has 1 heterocycles. The van der Waals surface area contributed by atoms with Crippen molar-refractivity contribution in [2.75, 3.05) is 13.1 Å². The smallest absolute Gasteiger partial charge is 0.0672 e. The van der Waals surface area contributed by atoms with Crippen LogP contribution in [0.2, 0.25) is 0 Å². The highest BCUT2D eigenvalue weighted by Gasteiger charge is 2.27. The van der Waals surface area contributed by atoms with Crippen molar-refractivity contribution in [3.05, 3.63) is 0 Å². The minimum Gasteiger partial charge on any atom is -0.313 e. The second-order valence-corrected chi connectivity index (χ2v) is 4.83. The lowest BCUT2D eigenvalue weighted by Crippen LogP contribution is -2.45. The highest BCUT2D eigenvalue weighted by molar-refractivity contribution is 4.96. The Labute approximate surface area is 92.2 Å². The van der Waals surface area contributed by atoms with Crippen molar-refractivity contribution in [1.29, 1.82) is 5.26 Å². The molecule has 0 amide bonds. The maximum Gasteiger partial charge on any atom is 0.0672 e. The van der Waals surface area contributed by atoms with Gasteiger partial charge in [0, 0.05) is 18.6 Å². The Morgan fingerprint density at radius 1 is 1.20 bits per heavy atom. The number of nitrogens with zero attached hydrogens (tertiary/aromatic N) is 1. The first kappa shape index (κ1) is 10.9. The van der Waals surface area contributed by atoms with Gasteiger partial charge in [-0.3, -0.25) is 0 Å². The van der Waals surface area contributed by atoms with E-state index in [1.807, 2.05) is 0 Å². The third-order valence-corrected chi connectivity index (χ3v) is 3.72. The molecule has 0 radical (unpaired) electrons. The maximum absolute atomic E-state index is 8.97. The van der Waals surface area contributed by atoms with Gasteiger partial charge in [-0.25, -0.2) is 0 Å². The Bertz CT molecular complexity index is 228. The molecule has 84 valence electrons. The molecule has 2 N–H and O–H groups in total. The van der Waals surface area contributed by atoms with E-state index < -0.39 is 0 Å². The number of piperidine rings is 1. The van der Waals surface area contributed by atoms with Crippen LogP contribution in [0.3, 0.4) is 0 Å². The lowest BCUT2D eigenvalue weighted by atomic mass is 10.0. The Kier molecular flexibility index (Phi) is 3.99. The summed E-state index contributed by atoms with van der Waals surface area (Å²) in [4.78, 5) is 0. The van der Waals surface area contributed by atoms with Crippen LogP contribution in [0.25, 0.3) is 0 Å². The van der Waals surface area contributed by atoms with Crippen LogP contribution in [0.5, 0.6) is 0 Å². The van der Waals surface area contributed by atoms with Gasteiger partial charge in [0.1, 0.15) is 0 Å². The molecule has 0 bridgehead atoms. The number of hydrogen-bond donors (Lipinski definition) is 2. The van der Waals surface area contributed by atoms with Crippen LogP contribution in [-0.4, -0.2) is 25.2 Å². The molecule has 15 heavy (non-hydrogen) atoms. The van der Waals surface area contributed by atoms with Crippen molar-refractivity contribution >= 4 is 0 Å². The van der Waals surface area contributed by atoms with Crippen LogP contribution >= 0.6 is 0 Å². The summed E-state index contributed by atoms with van der Waals surface area (Å²) in [6.45, 7) is 2.21. The van der Waals surface area contributed by atoms with Gasteiger partial charge in [0.15, 0.2) is 0 Å². The SMILES string of the molecule is N#CC1CCCC1NCC1CCCCN1. The van der Waals surface area contributed by atoms with Crippen LogP contribution in [0.4, 0.5) is 0 Å². The third kappa shape index (κ3) is 2.93. The molecule has 2 fully saturated rings. The molecule has 3 atom stereocenters. The van der Waals surface area contributed by atoms with Crippen LogP contribution in [0.15, 0.2) is 0 Å². The molecular weight excluding hydrogens is 186 g/mol. The third-order valence-electron chi connectivity index (χ3n) is 3.72. The molecule has 2 aliphatic rings. The monoisotopic (exact) mass is 207 g/mol. The Hall–Kier alpha value is -0.590. The van der Waals surface area contributed by atoms with Gasteiger partial charge in [0.05, 0.1) is 12.0 Å². The van der Waals surface area contributed by atoms with E-state index in [1.165, 1.54) is 38.6 Å². The first-order valence-electron chi connectivity index (χ1n) is 6.26. The van der Waals surface area contributed by atoms with E-state index in [2.05, 4.69) is 16.7 Å². The summed E-state index contributed by atoms with van der Waals surface area (Å²) in [5.41, 5.74) is 0. The van der Waals surface area contributed by atoms with Gasteiger partial charge in [-0.05, 0) is 32.2 Å². The average molecular weight is 207 g/mol. The molecule has 3 nitrogen and oxygen atoms in total. The van der Waals surface area contributed by atoms with E-state index in [9.17, 15) is 0 Å². The Morgan fingerprint density at radius 2 is 2.13 bits per heavy atom. The van der Waals surface area contributed by atoms with Crippen LogP contribution in [0.1, 0.15) is 38.5 Å². The van der Waals surface area contributed by atoms with Gasteiger partial charge < -0.3 is 10.6 Å². The Balaban J connectivity index is 1.70. The highest BCUT2D eigenvalue weighted by atomic mass is 15.0. The van der Waals surface area contributed by atoms with E-state index in [1.54, 1.807) is 0 Å². The summed E-state index contributed by atoms with van der Waals surface area (Å²) in [6, 6.07) is 3.51. The molecule has 3 heteroatoms. The first-order chi connectivity index (χ1) is 7.40. The summed E-state index contributed by atoms with van der Waals surface area (Å²) in [5.74, 6) is 0.258. The Morgan fingerprint density at radius 3 is 2.87 bits per heavy atom. The van der Waals surface area contributed by atoms with Crippen molar-refractivity contribution in [1.82, 2.24) is 10.6 Å². The lowest BCUT2D eigenvalue weighted by molar-refractivity contribution is 0.354. The highest BCUT2D eigenvalue weighted by Crippen LogP contribution is 2.24. The zero-order valence-corrected chi connectivity index (χ0v) is 9.34. The van der Waals surface area contributed by atoms with Gasteiger partial charge in [0.2, 0.25) is 0 Å². The summed E-state index contributed by atoms with van der Waals surface area (Å²) < 4.78 is 0. The number of nitrogens with one attached hydrogen (secondary N) is 2.